The van der Waals surface area contributed by atoms with E-state index in [9.17, 15) is 9.59 Å². The van der Waals surface area contributed by atoms with Gasteiger partial charge in [0.1, 0.15) is 0 Å². The van der Waals surface area contributed by atoms with Crippen molar-refractivity contribution in [2.45, 2.75) is 27.2 Å². The lowest BCUT2D eigenvalue weighted by Gasteiger charge is -2.14. The van der Waals surface area contributed by atoms with Crippen LogP contribution in [-0.2, 0) is 9.59 Å². The third kappa shape index (κ3) is 6.55. The van der Waals surface area contributed by atoms with E-state index in [1.165, 1.54) is 0 Å². The fourth-order valence-corrected chi connectivity index (χ4v) is 1.21. The Morgan fingerprint density at radius 2 is 2.00 bits per heavy atom. The monoisotopic (exact) mass is 211 g/mol. The number of carbonyl (C=O) groups excluding carboxylic acids is 1. The summed E-state index contributed by atoms with van der Waals surface area (Å²) in [6, 6.07) is 0. The van der Waals surface area contributed by atoms with Crippen LogP contribution in [0.25, 0.3) is 0 Å². The number of hydrogen-bond acceptors (Lipinski definition) is 2. The molecule has 0 aliphatic rings. The lowest BCUT2D eigenvalue weighted by Crippen LogP contribution is -2.32. The fourth-order valence-electron chi connectivity index (χ4n) is 1.21. The standard InChI is InChI=1S/C11H17NO3/c1-4-5-10(13)12-7-9(11(14)15)6-8(2)3/h8-9H,6-7H2,1-3H3,(H,12,13)(H,14,15). The van der Waals surface area contributed by atoms with Gasteiger partial charge in [-0.2, -0.15) is 0 Å². The highest BCUT2D eigenvalue weighted by molar-refractivity contribution is 5.93. The summed E-state index contributed by atoms with van der Waals surface area (Å²) in [4.78, 5) is 21.8. The van der Waals surface area contributed by atoms with E-state index in [2.05, 4.69) is 17.2 Å². The summed E-state index contributed by atoms with van der Waals surface area (Å²) in [5.41, 5.74) is 0. The van der Waals surface area contributed by atoms with E-state index < -0.39 is 17.8 Å². The lowest BCUT2D eigenvalue weighted by atomic mass is 9.97. The Morgan fingerprint density at radius 3 is 2.40 bits per heavy atom. The maximum Gasteiger partial charge on any atom is 0.308 e. The molecule has 0 aliphatic carbocycles. The number of amides is 1. The van der Waals surface area contributed by atoms with Gasteiger partial charge in [-0.15, -0.1) is 0 Å². The van der Waals surface area contributed by atoms with Crippen LogP contribution in [0.5, 0.6) is 0 Å². The molecule has 0 rings (SSSR count). The number of carbonyl (C=O) groups is 2. The maximum atomic E-state index is 11.0. The molecule has 0 fully saturated rings. The van der Waals surface area contributed by atoms with Crippen LogP contribution in [0.4, 0.5) is 0 Å². The van der Waals surface area contributed by atoms with Crippen molar-refractivity contribution in [3.8, 4) is 11.8 Å². The van der Waals surface area contributed by atoms with E-state index in [0.717, 1.165) is 0 Å². The molecule has 0 radical (unpaired) electrons. The van der Waals surface area contributed by atoms with Gasteiger partial charge in [0.05, 0.1) is 5.92 Å². The minimum Gasteiger partial charge on any atom is -0.481 e. The second-order valence-corrected chi connectivity index (χ2v) is 3.75. The molecule has 4 nitrogen and oxygen atoms in total. The van der Waals surface area contributed by atoms with E-state index in [1.807, 2.05) is 13.8 Å². The Labute approximate surface area is 90.1 Å². The highest BCUT2D eigenvalue weighted by Crippen LogP contribution is 2.10. The molecular formula is C11H17NO3. The minimum atomic E-state index is -0.881. The molecule has 0 aromatic carbocycles. The van der Waals surface area contributed by atoms with Gasteiger partial charge in [-0.25, -0.2) is 0 Å². The number of hydrogen-bond donors (Lipinski definition) is 2. The molecule has 0 saturated heterocycles. The molecule has 1 unspecified atom stereocenters. The quantitative estimate of drug-likeness (QED) is 0.663. The van der Waals surface area contributed by atoms with Crippen molar-refractivity contribution in [2.24, 2.45) is 11.8 Å². The molecule has 1 atom stereocenters. The SMILES string of the molecule is CC#CC(=O)NCC(CC(C)C)C(=O)O. The van der Waals surface area contributed by atoms with Crippen molar-refractivity contribution in [3.63, 3.8) is 0 Å². The van der Waals surface area contributed by atoms with Gasteiger partial charge >= 0.3 is 5.97 Å². The van der Waals surface area contributed by atoms with Crippen molar-refractivity contribution in [2.75, 3.05) is 6.54 Å². The molecule has 0 bridgehead atoms. The summed E-state index contributed by atoms with van der Waals surface area (Å²) in [5.74, 6) is 3.20. The molecule has 84 valence electrons. The van der Waals surface area contributed by atoms with Crippen molar-refractivity contribution < 1.29 is 14.7 Å². The number of aliphatic carboxylic acids is 1. The molecule has 2 N–H and O–H groups in total. The van der Waals surface area contributed by atoms with Crippen LogP contribution in [0.3, 0.4) is 0 Å². The van der Waals surface area contributed by atoms with Gasteiger partial charge in [-0.3, -0.25) is 9.59 Å². The van der Waals surface area contributed by atoms with Crippen molar-refractivity contribution in [1.82, 2.24) is 5.32 Å². The van der Waals surface area contributed by atoms with E-state index in [-0.39, 0.29) is 6.54 Å². The van der Waals surface area contributed by atoms with Gasteiger partial charge in [-0.1, -0.05) is 19.8 Å². The van der Waals surface area contributed by atoms with E-state index in [4.69, 9.17) is 5.11 Å². The molecule has 15 heavy (non-hydrogen) atoms. The topological polar surface area (TPSA) is 66.4 Å². The number of carboxylic acid groups (broad SMARTS) is 1. The van der Waals surface area contributed by atoms with E-state index in [0.29, 0.717) is 12.3 Å². The largest absolute Gasteiger partial charge is 0.481 e. The van der Waals surface area contributed by atoms with Crippen LogP contribution in [0.2, 0.25) is 0 Å². The molecular weight excluding hydrogens is 194 g/mol. The van der Waals surface area contributed by atoms with Gasteiger partial charge < -0.3 is 10.4 Å². The van der Waals surface area contributed by atoms with Gasteiger partial charge in [0, 0.05) is 6.54 Å². The molecule has 0 spiro atoms. The summed E-state index contributed by atoms with van der Waals surface area (Å²) in [7, 11) is 0. The zero-order valence-electron chi connectivity index (χ0n) is 9.33. The van der Waals surface area contributed by atoms with Crippen LogP contribution >= 0.6 is 0 Å². The second-order valence-electron chi connectivity index (χ2n) is 3.75. The summed E-state index contributed by atoms with van der Waals surface area (Å²) >= 11 is 0. The van der Waals surface area contributed by atoms with Crippen LogP contribution < -0.4 is 5.32 Å². The summed E-state index contributed by atoms with van der Waals surface area (Å²) in [5, 5.41) is 11.4. The van der Waals surface area contributed by atoms with E-state index >= 15 is 0 Å². The highest BCUT2D eigenvalue weighted by atomic mass is 16.4. The van der Waals surface area contributed by atoms with Crippen molar-refractivity contribution in [1.29, 1.82) is 0 Å². The minimum absolute atomic E-state index is 0.140. The average Bonchev–Trinajstić information content (AvgIpc) is 2.11. The Kier molecular flexibility index (Phi) is 6.19. The molecule has 0 aromatic rings. The summed E-state index contributed by atoms with van der Waals surface area (Å²) in [6.07, 6.45) is 0.551. The van der Waals surface area contributed by atoms with Crippen LogP contribution in [0, 0.1) is 23.7 Å². The number of carboxylic acids is 1. The first kappa shape index (κ1) is 13.5. The third-order valence-corrected chi connectivity index (χ3v) is 1.85. The lowest BCUT2D eigenvalue weighted by molar-refractivity contribution is -0.142. The van der Waals surface area contributed by atoms with Gasteiger partial charge in [-0.05, 0) is 25.2 Å². The predicted molar refractivity (Wildman–Crippen MR) is 57.0 cm³/mol. The zero-order valence-corrected chi connectivity index (χ0v) is 9.33. The Morgan fingerprint density at radius 1 is 1.40 bits per heavy atom. The van der Waals surface area contributed by atoms with E-state index in [1.54, 1.807) is 6.92 Å². The third-order valence-electron chi connectivity index (χ3n) is 1.85. The Bertz CT molecular complexity index is 286. The van der Waals surface area contributed by atoms with Gasteiger partial charge in [0.2, 0.25) is 0 Å². The Hall–Kier alpha value is -1.50. The maximum absolute atomic E-state index is 11.0. The first-order chi connectivity index (χ1) is 6.97. The number of nitrogens with one attached hydrogen (secondary N) is 1. The molecule has 0 heterocycles. The smallest absolute Gasteiger partial charge is 0.308 e. The first-order valence-electron chi connectivity index (χ1n) is 4.90. The fraction of sp³-hybridized carbons (Fsp3) is 0.636. The number of rotatable bonds is 5. The van der Waals surface area contributed by atoms with Gasteiger partial charge in [0.25, 0.3) is 5.91 Å². The zero-order chi connectivity index (χ0) is 11.8. The molecule has 0 saturated carbocycles. The Balaban J connectivity index is 4.11. The second kappa shape index (κ2) is 6.88. The molecule has 4 heteroatoms. The molecule has 0 aromatic heterocycles. The van der Waals surface area contributed by atoms with Crippen molar-refractivity contribution in [3.05, 3.63) is 0 Å². The average molecular weight is 211 g/mol. The van der Waals surface area contributed by atoms with Crippen molar-refractivity contribution >= 4 is 11.9 Å². The molecule has 0 aliphatic heterocycles. The summed E-state index contributed by atoms with van der Waals surface area (Å²) < 4.78 is 0. The van der Waals surface area contributed by atoms with Crippen LogP contribution in [0.15, 0.2) is 0 Å². The van der Waals surface area contributed by atoms with Crippen LogP contribution in [-0.4, -0.2) is 23.5 Å². The first-order valence-corrected chi connectivity index (χ1v) is 4.90. The normalized spacial score (nSPS) is 11.5. The predicted octanol–water partition coefficient (Wildman–Crippen LogP) is 0.873. The summed E-state index contributed by atoms with van der Waals surface area (Å²) in [6.45, 7) is 5.59. The van der Waals surface area contributed by atoms with Crippen LogP contribution in [0.1, 0.15) is 27.2 Å². The highest BCUT2D eigenvalue weighted by Gasteiger charge is 2.19. The molecule has 1 amide bonds. The van der Waals surface area contributed by atoms with Gasteiger partial charge in [0.15, 0.2) is 0 Å².